The maximum atomic E-state index is 11.6. The number of urea groups is 1. The van der Waals surface area contributed by atoms with E-state index in [1.807, 2.05) is 6.92 Å². The Morgan fingerprint density at radius 3 is 2.84 bits per heavy atom. The molecule has 0 aliphatic carbocycles. The number of benzene rings is 1. The van der Waals surface area contributed by atoms with E-state index in [-0.39, 0.29) is 6.03 Å². The fourth-order valence-corrected chi connectivity index (χ4v) is 1.67. The SMILES string of the molecule is CCCOCCNC(=O)Nc1cccc(OC)c1Cl. The van der Waals surface area contributed by atoms with E-state index in [4.69, 9.17) is 21.1 Å². The second-order valence-electron chi connectivity index (χ2n) is 3.82. The van der Waals surface area contributed by atoms with Crippen molar-refractivity contribution in [1.82, 2.24) is 5.32 Å². The van der Waals surface area contributed by atoms with Gasteiger partial charge in [-0.25, -0.2) is 4.79 Å². The van der Waals surface area contributed by atoms with E-state index in [0.29, 0.717) is 36.2 Å². The van der Waals surface area contributed by atoms with Crippen molar-refractivity contribution in [1.29, 1.82) is 0 Å². The first-order chi connectivity index (χ1) is 9.19. The molecular formula is C13H19ClN2O3. The van der Waals surface area contributed by atoms with Crippen molar-refractivity contribution >= 4 is 23.3 Å². The first-order valence-electron chi connectivity index (χ1n) is 6.14. The molecule has 0 spiro atoms. The van der Waals surface area contributed by atoms with Crippen LogP contribution in [0.2, 0.25) is 5.02 Å². The molecule has 2 N–H and O–H groups in total. The molecule has 0 aromatic heterocycles. The number of hydrogen-bond acceptors (Lipinski definition) is 3. The van der Waals surface area contributed by atoms with Gasteiger partial charge in [-0.1, -0.05) is 24.6 Å². The molecular weight excluding hydrogens is 268 g/mol. The Morgan fingerprint density at radius 1 is 1.37 bits per heavy atom. The molecule has 0 aliphatic heterocycles. The normalized spacial score (nSPS) is 10.1. The third-order valence-corrected chi connectivity index (χ3v) is 2.70. The Kier molecular flexibility index (Phi) is 7.07. The van der Waals surface area contributed by atoms with Crippen LogP contribution in [0, 0.1) is 0 Å². The molecule has 0 bridgehead atoms. The molecule has 106 valence electrons. The zero-order chi connectivity index (χ0) is 14.1. The molecule has 1 aromatic carbocycles. The van der Waals surface area contributed by atoms with Gasteiger partial charge in [0, 0.05) is 13.2 Å². The van der Waals surface area contributed by atoms with Gasteiger partial charge in [0.15, 0.2) is 0 Å². The minimum Gasteiger partial charge on any atom is -0.495 e. The number of carbonyl (C=O) groups is 1. The Balaban J connectivity index is 2.40. The summed E-state index contributed by atoms with van der Waals surface area (Å²) < 4.78 is 10.3. The van der Waals surface area contributed by atoms with Gasteiger partial charge in [-0.15, -0.1) is 0 Å². The van der Waals surface area contributed by atoms with Gasteiger partial charge in [0.05, 0.1) is 19.4 Å². The lowest BCUT2D eigenvalue weighted by atomic mass is 10.3. The second kappa shape index (κ2) is 8.61. The molecule has 2 amide bonds. The minimum absolute atomic E-state index is 0.324. The highest BCUT2D eigenvalue weighted by molar-refractivity contribution is 6.35. The predicted molar refractivity (Wildman–Crippen MR) is 76.1 cm³/mol. The third kappa shape index (κ3) is 5.36. The zero-order valence-electron chi connectivity index (χ0n) is 11.2. The topological polar surface area (TPSA) is 59.6 Å². The molecule has 0 atom stereocenters. The molecule has 5 nitrogen and oxygen atoms in total. The van der Waals surface area contributed by atoms with E-state index >= 15 is 0 Å². The van der Waals surface area contributed by atoms with Crippen LogP contribution in [-0.2, 0) is 4.74 Å². The first-order valence-corrected chi connectivity index (χ1v) is 6.52. The number of nitrogens with one attached hydrogen (secondary N) is 2. The standard InChI is InChI=1S/C13H19ClN2O3/c1-3-8-19-9-7-15-13(17)16-10-5-4-6-11(18-2)12(10)14/h4-6H,3,7-9H2,1-2H3,(H2,15,16,17). The summed E-state index contributed by atoms with van der Waals surface area (Å²) in [5.74, 6) is 0.519. The number of rotatable bonds is 7. The van der Waals surface area contributed by atoms with Gasteiger partial charge < -0.3 is 20.1 Å². The summed E-state index contributed by atoms with van der Waals surface area (Å²) >= 11 is 6.06. The van der Waals surface area contributed by atoms with E-state index in [0.717, 1.165) is 6.42 Å². The van der Waals surface area contributed by atoms with E-state index < -0.39 is 0 Å². The average molecular weight is 287 g/mol. The Bertz CT molecular complexity index is 413. The van der Waals surface area contributed by atoms with Crippen molar-refractivity contribution in [3.05, 3.63) is 23.2 Å². The monoisotopic (exact) mass is 286 g/mol. The highest BCUT2D eigenvalue weighted by atomic mass is 35.5. The molecule has 0 radical (unpaired) electrons. The van der Waals surface area contributed by atoms with Gasteiger partial charge in [-0.05, 0) is 18.6 Å². The van der Waals surface area contributed by atoms with Crippen LogP contribution in [0.15, 0.2) is 18.2 Å². The number of halogens is 1. The molecule has 0 unspecified atom stereocenters. The highest BCUT2D eigenvalue weighted by Crippen LogP contribution is 2.31. The summed E-state index contributed by atoms with van der Waals surface area (Å²) in [6, 6.07) is 4.86. The molecule has 1 aromatic rings. The first kappa shape index (κ1) is 15.6. The Morgan fingerprint density at radius 2 is 2.16 bits per heavy atom. The summed E-state index contributed by atoms with van der Waals surface area (Å²) in [5.41, 5.74) is 0.507. The van der Waals surface area contributed by atoms with Crippen LogP contribution in [0.1, 0.15) is 13.3 Å². The summed E-state index contributed by atoms with van der Waals surface area (Å²) in [7, 11) is 1.52. The molecule has 19 heavy (non-hydrogen) atoms. The molecule has 6 heteroatoms. The van der Waals surface area contributed by atoms with Crippen LogP contribution in [0.25, 0.3) is 0 Å². The number of methoxy groups -OCH3 is 1. The van der Waals surface area contributed by atoms with Gasteiger partial charge in [-0.2, -0.15) is 0 Å². The second-order valence-corrected chi connectivity index (χ2v) is 4.19. The highest BCUT2D eigenvalue weighted by Gasteiger charge is 2.08. The molecule has 1 rings (SSSR count). The Hall–Kier alpha value is -1.46. The lowest BCUT2D eigenvalue weighted by molar-refractivity contribution is 0.137. The molecule has 0 heterocycles. The fraction of sp³-hybridized carbons (Fsp3) is 0.462. The van der Waals surface area contributed by atoms with Crippen LogP contribution in [0.3, 0.4) is 0 Å². The van der Waals surface area contributed by atoms with E-state index in [1.54, 1.807) is 18.2 Å². The van der Waals surface area contributed by atoms with Crippen molar-refractivity contribution < 1.29 is 14.3 Å². The van der Waals surface area contributed by atoms with Crippen molar-refractivity contribution in [2.24, 2.45) is 0 Å². The minimum atomic E-state index is -0.324. The Labute approximate surface area is 118 Å². The number of carbonyl (C=O) groups excluding carboxylic acids is 1. The van der Waals surface area contributed by atoms with Gasteiger partial charge in [0.1, 0.15) is 10.8 Å². The van der Waals surface area contributed by atoms with Crippen LogP contribution in [0.5, 0.6) is 5.75 Å². The van der Waals surface area contributed by atoms with E-state index in [9.17, 15) is 4.79 Å². The van der Waals surface area contributed by atoms with Crippen LogP contribution < -0.4 is 15.4 Å². The smallest absolute Gasteiger partial charge is 0.319 e. The van der Waals surface area contributed by atoms with E-state index in [1.165, 1.54) is 7.11 Å². The summed E-state index contributed by atoms with van der Waals surface area (Å²) in [6.07, 6.45) is 0.964. The maximum Gasteiger partial charge on any atom is 0.319 e. The quantitative estimate of drug-likeness (QED) is 0.758. The predicted octanol–water partition coefficient (Wildman–Crippen LogP) is 2.90. The summed E-state index contributed by atoms with van der Waals surface area (Å²) in [4.78, 5) is 11.6. The van der Waals surface area contributed by atoms with E-state index in [2.05, 4.69) is 10.6 Å². The van der Waals surface area contributed by atoms with Crippen LogP contribution in [0.4, 0.5) is 10.5 Å². The average Bonchev–Trinajstić information content (AvgIpc) is 2.41. The van der Waals surface area contributed by atoms with Crippen molar-refractivity contribution in [3.8, 4) is 5.75 Å². The molecule has 0 fully saturated rings. The lowest BCUT2D eigenvalue weighted by Gasteiger charge is -2.11. The largest absolute Gasteiger partial charge is 0.495 e. The van der Waals surface area contributed by atoms with Gasteiger partial charge in [-0.3, -0.25) is 0 Å². The maximum absolute atomic E-state index is 11.6. The van der Waals surface area contributed by atoms with Crippen molar-refractivity contribution in [2.75, 3.05) is 32.2 Å². The summed E-state index contributed by atoms with van der Waals surface area (Å²) in [5, 5.41) is 5.72. The van der Waals surface area contributed by atoms with Crippen molar-refractivity contribution in [2.45, 2.75) is 13.3 Å². The van der Waals surface area contributed by atoms with Crippen molar-refractivity contribution in [3.63, 3.8) is 0 Å². The fourth-order valence-electron chi connectivity index (χ4n) is 1.41. The number of ether oxygens (including phenoxy) is 2. The zero-order valence-corrected chi connectivity index (χ0v) is 11.9. The molecule has 0 saturated carbocycles. The summed E-state index contributed by atoms with van der Waals surface area (Å²) in [6.45, 7) is 3.68. The number of anilines is 1. The number of hydrogen-bond donors (Lipinski definition) is 2. The number of amides is 2. The van der Waals surface area contributed by atoms with Crippen LogP contribution >= 0.6 is 11.6 Å². The van der Waals surface area contributed by atoms with Gasteiger partial charge in [0.2, 0.25) is 0 Å². The molecule has 0 aliphatic rings. The third-order valence-electron chi connectivity index (χ3n) is 2.31. The van der Waals surface area contributed by atoms with Gasteiger partial charge in [0.25, 0.3) is 0 Å². The molecule has 0 saturated heterocycles. The lowest BCUT2D eigenvalue weighted by Crippen LogP contribution is -2.31. The van der Waals surface area contributed by atoms with Crippen LogP contribution in [-0.4, -0.2) is 32.9 Å². The van der Waals surface area contributed by atoms with Gasteiger partial charge >= 0.3 is 6.03 Å².